The molecule has 1 aromatic heterocycles. The Balaban J connectivity index is 2.46. The molecule has 3 heteroatoms. The number of rotatable bonds is 3. The second-order valence-electron chi connectivity index (χ2n) is 4.37. The van der Waals surface area contributed by atoms with Crippen LogP contribution in [0.3, 0.4) is 0 Å². The number of hydrogen-bond donors (Lipinski definition) is 0. The monoisotopic (exact) mass is 247 g/mol. The van der Waals surface area contributed by atoms with E-state index in [1.54, 1.807) is 24.4 Å². The fraction of sp³-hybridized carbons (Fsp3) is 0.267. The van der Waals surface area contributed by atoms with Gasteiger partial charge in [-0.3, -0.25) is 4.98 Å². The number of pyridine rings is 1. The van der Waals surface area contributed by atoms with Crippen molar-refractivity contribution in [2.45, 2.75) is 26.7 Å². The Bertz CT molecular complexity index is 547. The number of aryl methyl sites for hydroxylation is 2. The van der Waals surface area contributed by atoms with Crippen LogP contribution >= 0.6 is 0 Å². The Morgan fingerprint density at radius 2 is 1.83 bits per heavy atom. The van der Waals surface area contributed by atoms with E-state index in [1.165, 1.54) is 0 Å². The molecule has 0 aliphatic carbocycles. The van der Waals surface area contributed by atoms with Crippen molar-refractivity contribution in [1.82, 2.24) is 4.98 Å². The molecule has 0 amide bonds. The molecular weight excluding hydrogens is 232 g/mol. The molecule has 1 heterocycles. The molecule has 0 fully saturated rings. The van der Waals surface area contributed by atoms with E-state index in [0.717, 1.165) is 12.0 Å². The summed E-state index contributed by atoms with van der Waals surface area (Å²) < 4.78 is 27.8. The van der Waals surface area contributed by atoms with Crippen LogP contribution in [0.5, 0.6) is 0 Å². The fourth-order valence-electron chi connectivity index (χ4n) is 1.88. The molecule has 2 aromatic rings. The van der Waals surface area contributed by atoms with Crippen LogP contribution < -0.4 is 0 Å². The zero-order chi connectivity index (χ0) is 13.1. The van der Waals surface area contributed by atoms with E-state index in [2.05, 4.69) is 4.98 Å². The highest BCUT2D eigenvalue weighted by atomic mass is 19.2. The van der Waals surface area contributed by atoms with Gasteiger partial charge in [0.15, 0.2) is 11.6 Å². The molecular formula is C15H15F2N. The highest BCUT2D eigenvalue weighted by Gasteiger charge is 2.14. The Labute approximate surface area is 105 Å². The predicted octanol–water partition coefficient (Wildman–Crippen LogP) is 4.29. The maximum atomic E-state index is 14.0. The van der Waals surface area contributed by atoms with Crippen LogP contribution in [-0.4, -0.2) is 4.98 Å². The van der Waals surface area contributed by atoms with Crippen LogP contribution in [0, 0.1) is 18.6 Å². The number of hydrogen-bond acceptors (Lipinski definition) is 1. The summed E-state index contributed by atoms with van der Waals surface area (Å²) in [7, 11) is 0. The molecule has 0 atom stereocenters. The van der Waals surface area contributed by atoms with Crippen LogP contribution in [0.15, 0.2) is 30.5 Å². The van der Waals surface area contributed by atoms with Crippen molar-refractivity contribution < 1.29 is 8.78 Å². The second kappa shape index (κ2) is 5.25. The fourth-order valence-corrected chi connectivity index (χ4v) is 1.88. The smallest absolute Gasteiger partial charge is 0.168 e. The molecule has 0 spiro atoms. The number of benzene rings is 1. The molecule has 0 unspecified atom stereocenters. The van der Waals surface area contributed by atoms with Crippen LogP contribution in [0.1, 0.15) is 24.5 Å². The van der Waals surface area contributed by atoms with Crippen molar-refractivity contribution in [1.29, 1.82) is 0 Å². The van der Waals surface area contributed by atoms with Crippen LogP contribution in [0.25, 0.3) is 11.3 Å². The second-order valence-corrected chi connectivity index (χ2v) is 4.37. The number of halogens is 2. The van der Waals surface area contributed by atoms with Crippen molar-refractivity contribution in [2.24, 2.45) is 0 Å². The topological polar surface area (TPSA) is 12.9 Å². The Hall–Kier alpha value is -1.77. The minimum Gasteiger partial charge on any atom is -0.256 e. The first-order valence-electron chi connectivity index (χ1n) is 6.03. The lowest BCUT2D eigenvalue weighted by Gasteiger charge is -2.07. The average molecular weight is 247 g/mol. The van der Waals surface area contributed by atoms with Gasteiger partial charge in [0, 0.05) is 11.8 Å². The van der Waals surface area contributed by atoms with Crippen LogP contribution in [-0.2, 0) is 6.42 Å². The van der Waals surface area contributed by atoms with E-state index in [0.29, 0.717) is 17.7 Å². The maximum absolute atomic E-state index is 14.0. The van der Waals surface area contributed by atoms with Gasteiger partial charge in [-0.15, -0.1) is 0 Å². The van der Waals surface area contributed by atoms with Gasteiger partial charge in [-0.2, -0.15) is 0 Å². The normalized spacial score (nSPS) is 10.7. The summed E-state index contributed by atoms with van der Waals surface area (Å²) in [5.74, 6) is -1.56. The zero-order valence-corrected chi connectivity index (χ0v) is 10.5. The van der Waals surface area contributed by atoms with Gasteiger partial charge in [-0.25, -0.2) is 8.78 Å². The van der Waals surface area contributed by atoms with Crippen LogP contribution in [0.4, 0.5) is 8.78 Å². The van der Waals surface area contributed by atoms with Gasteiger partial charge in [0.25, 0.3) is 0 Å². The minimum absolute atomic E-state index is 0.215. The lowest BCUT2D eigenvalue weighted by molar-refractivity contribution is 0.500. The quantitative estimate of drug-likeness (QED) is 0.788. The van der Waals surface area contributed by atoms with Crippen molar-refractivity contribution in [3.63, 3.8) is 0 Å². The molecule has 2 rings (SSSR count). The third-order valence-electron chi connectivity index (χ3n) is 2.87. The summed E-state index contributed by atoms with van der Waals surface area (Å²) >= 11 is 0. The lowest BCUT2D eigenvalue weighted by atomic mass is 10.0. The van der Waals surface area contributed by atoms with E-state index in [-0.39, 0.29) is 5.56 Å². The standard InChI is InChI=1S/C15H15F2N/c1-3-4-11-6-7-12(15(17)14(11)16)13-8-5-10(2)9-18-13/h5-9H,3-4H2,1-2H3. The third-order valence-corrected chi connectivity index (χ3v) is 2.87. The summed E-state index contributed by atoms with van der Waals surface area (Å²) in [4.78, 5) is 4.12. The van der Waals surface area contributed by atoms with E-state index in [1.807, 2.05) is 19.9 Å². The van der Waals surface area contributed by atoms with Crippen molar-refractivity contribution in [3.05, 3.63) is 53.2 Å². The minimum atomic E-state index is -0.808. The van der Waals surface area contributed by atoms with E-state index in [9.17, 15) is 8.78 Å². The third kappa shape index (κ3) is 2.40. The van der Waals surface area contributed by atoms with Crippen molar-refractivity contribution in [2.75, 3.05) is 0 Å². The SMILES string of the molecule is CCCc1ccc(-c2ccc(C)cn2)c(F)c1F. The van der Waals surface area contributed by atoms with Crippen LogP contribution in [0.2, 0.25) is 0 Å². The first-order chi connectivity index (χ1) is 8.63. The van der Waals surface area contributed by atoms with E-state index >= 15 is 0 Å². The van der Waals surface area contributed by atoms with Crippen molar-refractivity contribution >= 4 is 0 Å². The summed E-state index contributed by atoms with van der Waals surface area (Å²) in [5.41, 5.74) is 2.08. The maximum Gasteiger partial charge on any atom is 0.168 e. The van der Waals surface area contributed by atoms with Gasteiger partial charge < -0.3 is 0 Å². The summed E-state index contributed by atoms with van der Waals surface area (Å²) in [6.45, 7) is 3.84. The first kappa shape index (κ1) is 12.7. The van der Waals surface area contributed by atoms with Gasteiger partial charge >= 0.3 is 0 Å². The van der Waals surface area contributed by atoms with E-state index < -0.39 is 11.6 Å². The molecule has 1 aromatic carbocycles. The molecule has 94 valence electrons. The average Bonchev–Trinajstić information content (AvgIpc) is 2.37. The lowest BCUT2D eigenvalue weighted by Crippen LogP contribution is -1.98. The molecule has 0 N–H and O–H groups in total. The Morgan fingerprint density at radius 1 is 1.06 bits per heavy atom. The summed E-state index contributed by atoms with van der Waals surface area (Å²) in [6.07, 6.45) is 2.98. The predicted molar refractivity (Wildman–Crippen MR) is 68.3 cm³/mol. The highest BCUT2D eigenvalue weighted by molar-refractivity contribution is 5.60. The Kier molecular flexibility index (Phi) is 3.70. The van der Waals surface area contributed by atoms with Gasteiger partial charge in [0.05, 0.1) is 5.69 Å². The molecule has 0 aliphatic rings. The largest absolute Gasteiger partial charge is 0.256 e. The number of nitrogens with zero attached hydrogens (tertiary/aromatic N) is 1. The Morgan fingerprint density at radius 3 is 2.44 bits per heavy atom. The molecule has 0 saturated carbocycles. The van der Waals surface area contributed by atoms with Gasteiger partial charge in [-0.1, -0.05) is 25.5 Å². The summed E-state index contributed by atoms with van der Waals surface area (Å²) in [6, 6.07) is 6.77. The van der Waals surface area contributed by atoms with Gasteiger partial charge in [0.1, 0.15) is 0 Å². The molecule has 0 radical (unpaired) electrons. The van der Waals surface area contributed by atoms with Gasteiger partial charge in [0.2, 0.25) is 0 Å². The van der Waals surface area contributed by atoms with Crippen molar-refractivity contribution in [3.8, 4) is 11.3 Å². The first-order valence-corrected chi connectivity index (χ1v) is 6.03. The molecule has 0 bridgehead atoms. The molecule has 1 nitrogen and oxygen atoms in total. The molecule has 18 heavy (non-hydrogen) atoms. The molecule has 0 saturated heterocycles. The molecule has 0 aliphatic heterocycles. The van der Waals surface area contributed by atoms with E-state index in [4.69, 9.17) is 0 Å². The number of aromatic nitrogens is 1. The zero-order valence-electron chi connectivity index (χ0n) is 10.5. The highest BCUT2D eigenvalue weighted by Crippen LogP contribution is 2.25. The summed E-state index contributed by atoms with van der Waals surface area (Å²) in [5, 5.41) is 0. The van der Waals surface area contributed by atoms with Gasteiger partial charge in [-0.05, 0) is 36.6 Å².